The average molecular weight is 523 g/mol. The lowest BCUT2D eigenvalue weighted by Gasteiger charge is -2.27. The van der Waals surface area contributed by atoms with Gasteiger partial charge in [-0.3, -0.25) is 9.59 Å². The van der Waals surface area contributed by atoms with Gasteiger partial charge in [0.25, 0.3) is 11.8 Å². The molecule has 2 aliphatic heterocycles. The fraction of sp³-hybridized carbons (Fsp3) is 0.290. The van der Waals surface area contributed by atoms with Crippen LogP contribution in [0.15, 0.2) is 72.8 Å². The van der Waals surface area contributed by atoms with Crippen LogP contribution in [0.3, 0.4) is 0 Å². The van der Waals surface area contributed by atoms with Crippen LogP contribution in [-0.4, -0.2) is 53.5 Å². The number of carbonyl (C=O) groups is 4. The van der Waals surface area contributed by atoms with Crippen molar-refractivity contribution in [1.29, 1.82) is 0 Å². The van der Waals surface area contributed by atoms with Gasteiger partial charge in [-0.05, 0) is 53.1 Å². The van der Waals surface area contributed by atoms with Crippen LogP contribution >= 0.6 is 0 Å². The molecule has 0 bridgehead atoms. The highest BCUT2D eigenvalue weighted by atomic mass is 16.7. The molecule has 8 nitrogen and oxygen atoms in total. The molecule has 3 aromatic carbocycles. The van der Waals surface area contributed by atoms with Crippen molar-refractivity contribution >= 4 is 23.9 Å². The SMILES string of the molecule is O=C(OCC1c2ccccc2-c2ccccc21)N1C[C@H]2CCC[C@@]2(C(=O)ON2C(=O)c3ccccc3C2=O)C1. The lowest BCUT2D eigenvalue weighted by Crippen LogP contribution is -2.43. The predicted molar refractivity (Wildman–Crippen MR) is 139 cm³/mol. The molecule has 0 N–H and O–H groups in total. The topological polar surface area (TPSA) is 93.2 Å². The Morgan fingerprint density at radius 1 is 0.821 bits per heavy atom. The van der Waals surface area contributed by atoms with Gasteiger partial charge in [-0.25, -0.2) is 9.59 Å². The third-order valence-corrected chi connectivity index (χ3v) is 8.80. The number of ether oxygens (including phenoxy) is 1. The fourth-order valence-electron chi connectivity index (χ4n) is 6.87. The van der Waals surface area contributed by atoms with Gasteiger partial charge in [0.05, 0.1) is 16.5 Å². The first-order chi connectivity index (χ1) is 19.0. The van der Waals surface area contributed by atoms with Crippen LogP contribution in [0, 0.1) is 11.3 Å². The lowest BCUT2D eigenvalue weighted by molar-refractivity contribution is -0.182. The molecule has 0 aromatic heterocycles. The maximum absolute atomic E-state index is 13.5. The third-order valence-electron chi connectivity index (χ3n) is 8.80. The van der Waals surface area contributed by atoms with Crippen molar-refractivity contribution in [2.45, 2.75) is 25.2 Å². The van der Waals surface area contributed by atoms with Gasteiger partial charge in [0, 0.05) is 19.0 Å². The van der Waals surface area contributed by atoms with E-state index in [0.717, 1.165) is 35.1 Å². The maximum atomic E-state index is 13.5. The van der Waals surface area contributed by atoms with Crippen LogP contribution in [0.5, 0.6) is 0 Å². The monoisotopic (exact) mass is 522 g/mol. The number of hydrogen-bond acceptors (Lipinski definition) is 6. The lowest BCUT2D eigenvalue weighted by atomic mass is 9.81. The molecular weight excluding hydrogens is 496 g/mol. The summed E-state index contributed by atoms with van der Waals surface area (Å²) in [6, 6.07) is 22.7. The van der Waals surface area contributed by atoms with Gasteiger partial charge in [0.2, 0.25) is 0 Å². The molecule has 0 unspecified atom stereocenters. The van der Waals surface area contributed by atoms with Crippen LogP contribution in [0.1, 0.15) is 57.0 Å². The Morgan fingerprint density at radius 2 is 1.38 bits per heavy atom. The summed E-state index contributed by atoms with van der Waals surface area (Å²) in [5, 5.41) is 0.563. The van der Waals surface area contributed by atoms with Gasteiger partial charge in [-0.15, -0.1) is 0 Å². The van der Waals surface area contributed by atoms with E-state index in [-0.39, 0.29) is 36.1 Å². The van der Waals surface area contributed by atoms with Gasteiger partial charge in [-0.2, -0.15) is 0 Å². The van der Waals surface area contributed by atoms with Crippen molar-refractivity contribution in [2.24, 2.45) is 11.3 Å². The molecule has 2 fully saturated rings. The van der Waals surface area contributed by atoms with Gasteiger partial charge in [-0.1, -0.05) is 72.1 Å². The van der Waals surface area contributed by atoms with E-state index in [1.165, 1.54) is 12.1 Å². The first kappa shape index (κ1) is 23.6. The number of imide groups is 1. The Labute approximate surface area is 225 Å². The minimum atomic E-state index is -0.971. The Balaban J connectivity index is 1.05. The molecule has 3 aromatic rings. The van der Waals surface area contributed by atoms with Crippen molar-refractivity contribution in [3.63, 3.8) is 0 Å². The first-order valence-corrected chi connectivity index (χ1v) is 13.3. The summed E-state index contributed by atoms with van der Waals surface area (Å²) in [7, 11) is 0. The number of carbonyl (C=O) groups excluding carboxylic acids is 4. The molecule has 2 aliphatic carbocycles. The first-order valence-electron chi connectivity index (χ1n) is 13.3. The van der Waals surface area contributed by atoms with Crippen molar-refractivity contribution < 1.29 is 28.8 Å². The number of nitrogens with zero attached hydrogens (tertiary/aromatic N) is 2. The second-order valence-corrected chi connectivity index (χ2v) is 10.8. The van der Waals surface area contributed by atoms with E-state index in [1.807, 2.05) is 24.3 Å². The summed E-state index contributed by atoms with van der Waals surface area (Å²) in [6.45, 7) is 0.699. The zero-order valence-corrected chi connectivity index (χ0v) is 21.2. The maximum Gasteiger partial charge on any atom is 0.409 e. The summed E-state index contributed by atoms with van der Waals surface area (Å²) in [5.41, 5.74) is 4.02. The van der Waals surface area contributed by atoms with E-state index < -0.39 is 29.3 Å². The standard InChI is InChI=1S/C31H26N2O6/c34-27-24-13-5-6-14-25(24)28(35)33(27)39-29(36)31-15-7-8-19(31)16-32(18-31)30(37)38-17-26-22-11-3-1-9-20(22)21-10-2-4-12-23(21)26/h1-6,9-14,19,26H,7-8,15-18H2/t19-,31-/m1/s1. The van der Waals surface area contributed by atoms with Crippen molar-refractivity contribution in [1.82, 2.24) is 9.96 Å². The van der Waals surface area contributed by atoms with Gasteiger partial charge < -0.3 is 14.5 Å². The Morgan fingerprint density at radius 3 is 2.00 bits per heavy atom. The van der Waals surface area contributed by atoms with Crippen molar-refractivity contribution in [3.05, 3.63) is 95.1 Å². The Hall–Kier alpha value is -4.46. The van der Waals surface area contributed by atoms with Crippen LogP contribution in [0.4, 0.5) is 4.79 Å². The third kappa shape index (κ3) is 3.51. The molecule has 0 spiro atoms. The normalized spacial score (nSPS) is 22.9. The molecule has 7 rings (SSSR count). The molecule has 196 valence electrons. The van der Waals surface area contributed by atoms with Crippen LogP contribution in [0.25, 0.3) is 11.1 Å². The van der Waals surface area contributed by atoms with Gasteiger partial charge in [0.15, 0.2) is 0 Å². The summed E-state index contributed by atoms with van der Waals surface area (Å²) < 4.78 is 5.84. The summed E-state index contributed by atoms with van der Waals surface area (Å²) in [5.74, 6) is -2.13. The molecular formula is C31H26N2O6. The molecule has 4 aliphatic rings. The Kier molecular flexibility index (Phi) is 5.33. The minimum Gasteiger partial charge on any atom is -0.448 e. The van der Waals surface area contributed by atoms with Crippen LogP contribution < -0.4 is 0 Å². The predicted octanol–water partition coefficient (Wildman–Crippen LogP) is 4.79. The molecule has 8 heteroatoms. The minimum absolute atomic E-state index is 0.0591. The summed E-state index contributed by atoms with van der Waals surface area (Å²) in [6.07, 6.45) is 1.61. The molecule has 2 atom stereocenters. The highest BCUT2D eigenvalue weighted by molar-refractivity contribution is 6.21. The van der Waals surface area contributed by atoms with E-state index in [4.69, 9.17) is 9.57 Å². The zero-order valence-electron chi connectivity index (χ0n) is 21.2. The van der Waals surface area contributed by atoms with Crippen LogP contribution in [-0.2, 0) is 14.4 Å². The molecule has 0 radical (unpaired) electrons. The molecule has 3 amide bonds. The number of rotatable bonds is 4. The largest absolute Gasteiger partial charge is 0.448 e. The van der Waals surface area contributed by atoms with E-state index >= 15 is 0 Å². The zero-order chi connectivity index (χ0) is 26.7. The second-order valence-electron chi connectivity index (χ2n) is 10.8. The van der Waals surface area contributed by atoms with Crippen LogP contribution in [0.2, 0.25) is 0 Å². The van der Waals surface area contributed by atoms with E-state index in [2.05, 4.69) is 24.3 Å². The number of hydroxylamine groups is 2. The second kappa shape index (κ2) is 8.80. The number of likely N-dealkylation sites (tertiary alicyclic amines) is 1. The number of fused-ring (bicyclic) bond motifs is 5. The fourth-order valence-corrected chi connectivity index (χ4v) is 6.87. The number of benzene rings is 3. The summed E-state index contributed by atoms with van der Waals surface area (Å²) in [4.78, 5) is 59.3. The molecule has 39 heavy (non-hydrogen) atoms. The van der Waals surface area contributed by atoms with Gasteiger partial charge >= 0.3 is 12.1 Å². The number of amides is 3. The smallest absolute Gasteiger partial charge is 0.409 e. The quantitative estimate of drug-likeness (QED) is 0.458. The molecule has 1 saturated heterocycles. The Bertz CT molecular complexity index is 1470. The van der Waals surface area contributed by atoms with Crippen molar-refractivity contribution in [3.8, 4) is 11.1 Å². The highest BCUT2D eigenvalue weighted by Crippen LogP contribution is 2.50. The van der Waals surface area contributed by atoms with Gasteiger partial charge in [0.1, 0.15) is 6.61 Å². The highest BCUT2D eigenvalue weighted by Gasteiger charge is 2.58. The average Bonchev–Trinajstić information content (AvgIpc) is 3.68. The molecule has 2 heterocycles. The van der Waals surface area contributed by atoms with Crippen molar-refractivity contribution in [2.75, 3.05) is 19.7 Å². The summed E-state index contributed by atoms with van der Waals surface area (Å²) >= 11 is 0. The number of hydrogen-bond donors (Lipinski definition) is 0. The van der Waals surface area contributed by atoms with E-state index in [1.54, 1.807) is 17.0 Å². The van der Waals surface area contributed by atoms with E-state index in [9.17, 15) is 19.2 Å². The van der Waals surface area contributed by atoms with E-state index in [0.29, 0.717) is 18.0 Å². The molecule has 1 saturated carbocycles.